The third kappa shape index (κ3) is 2.45. The van der Waals surface area contributed by atoms with Gasteiger partial charge in [0, 0.05) is 10.0 Å². The minimum Gasteiger partial charge on any atom is -0.306 e. The first-order chi connectivity index (χ1) is 8.43. The first-order valence-corrected chi connectivity index (χ1v) is 7.05. The number of nitrogens with one attached hydrogen (secondary N) is 1. The van der Waals surface area contributed by atoms with Gasteiger partial charge in [0.1, 0.15) is 0 Å². The number of halogens is 1. The summed E-state index contributed by atoms with van der Waals surface area (Å²) in [6.45, 7) is 7.02. The number of benzene rings is 1. The van der Waals surface area contributed by atoms with Crippen LogP contribution in [-0.4, -0.2) is 24.0 Å². The molecule has 0 bridgehead atoms. The predicted molar refractivity (Wildman–Crippen MR) is 77.8 cm³/mol. The molecule has 1 aromatic carbocycles. The van der Waals surface area contributed by atoms with Gasteiger partial charge in [0.25, 0.3) is 0 Å². The molecule has 1 heterocycles. The van der Waals surface area contributed by atoms with E-state index >= 15 is 0 Å². The summed E-state index contributed by atoms with van der Waals surface area (Å²) < 4.78 is 0.959. The first-order valence-electron chi connectivity index (χ1n) is 6.25. The van der Waals surface area contributed by atoms with Gasteiger partial charge in [-0.1, -0.05) is 12.1 Å². The maximum Gasteiger partial charge on any atom is 0.244 e. The highest BCUT2D eigenvalue weighted by Gasteiger charge is 2.37. The molecular formula is C14H19BrN2O. The molecule has 1 fully saturated rings. The fraction of sp³-hybridized carbons (Fsp3) is 0.500. The SMILES string of the molecule is CC1NCCC(C)(C)N(c2ccccc2Br)C1=O. The van der Waals surface area contributed by atoms with E-state index in [-0.39, 0.29) is 17.5 Å². The van der Waals surface area contributed by atoms with Crippen LogP contribution in [0, 0.1) is 0 Å². The van der Waals surface area contributed by atoms with Gasteiger partial charge < -0.3 is 10.2 Å². The summed E-state index contributed by atoms with van der Waals surface area (Å²) in [7, 11) is 0. The van der Waals surface area contributed by atoms with Crippen molar-refractivity contribution in [1.29, 1.82) is 0 Å². The molecule has 18 heavy (non-hydrogen) atoms. The van der Waals surface area contributed by atoms with Gasteiger partial charge >= 0.3 is 0 Å². The number of carbonyl (C=O) groups is 1. The van der Waals surface area contributed by atoms with Crippen molar-refractivity contribution in [3.63, 3.8) is 0 Å². The summed E-state index contributed by atoms with van der Waals surface area (Å²) in [4.78, 5) is 14.5. The molecule has 1 unspecified atom stereocenters. The number of para-hydroxylation sites is 1. The largest absolute Gasteiger partial charge is 0.306 e. The summed E-state index contributed by atoms with van der Waals surface area (Å²) in [5.74, 6) is 0.129. The second-order valence-corrected chi connectivity index (χ2v) is 6.22. The standard InChI is InChI=1S/C14H19BrN2O/c1-10-13(18)17(14(2,3)8-9-16-10)12-7-5-4-6-11(12)15/h4-7,10,16H,8-9H2,1-3H3. The highest BCUT2D eigenvalue weighted by Crippen LogP contribution is 2.34. The second kappa shape index (κ2) is 5.02. The van der Waals surface area contributed by atoms with Gasteiger partial charge in [0.15, 0.2) is 0 Å². The highest BCUT2D eigenvalue weighted by atomic mass is 79.9. The quantitative estimate of drug-likeness (QED) is 0.865. The van der Waals surface area contributed by atoms with Crippen LogP contribution in [0.4, 0.5) is 5.69 Å². The summed E-state index contributed by atoms with van der Waals surface area (Å²) >= 11 is 3.54. The smallest absolute Gasteiger partial charge is 0.244 e. The Morgan fingerprint density at radius 1 is 1.39 bits per heavy atom. The number of hydrogen-bond donors (Lipinski definition) is 1. The Bertz CT molecular complexity index is 459. The Morgan fingerprint density at radius 3 is 2.72 bits per heavy atom. The van der Waals surface area contributed by atoms with Gasteiger partial charge in [0.2, 0.25) is 5.91 Å². The van der Waals surface area contributed by atoms with E-state index in [1.807, 2.05) is 36.1 Å². The normalized spacial score (nSPS) is 23.9. The molecule has 1 aliphatic heterocycles. The average Bonchev–Trinajstić information content (AvgIpc) is 2.39. The third-order valence-electron chi connectivity index (χ3n) is 3.48. The number of nitrogens with zero attached hydrogens (tertiary/aromatic N) is 1. The van der Waals surface area contributed by atoms with E-state index in [9.17, 15) is 4.79 Å². The molecule has 1 amide bonds. The van der Waals surface area contributed by atoms with Crippen LogP contribution in [0.3, 0.4) is 0 Å². The van der Waals surface area contributed by atoms with E-state index in [1.54, 1.807) is 0 Å². The molecule has 0 aliphatic carbocycles. The molecule has 0 aromatic heterocycles. The van der Waals surface area contributed by atoms with Gasteiger partial charge in [-0.25, -0.2) is 0 Å². The molecule has 0 spiro atoms. The lowest BCUT2D eigenvalue weighted by atomic mass is 9.97. The van der Waals surface area contributed by atoms with Crippen LogP contribution in [0.5, 0.6) is 0 Å². The van der Waals surface area contributed by atoms with Gasteiger partial charge in [-0.3, -0.25) is 4.79 Å². The lowest BCUT2D eigenvalue weighted by Crippen LogP contribution is -2.50. The Balaban J connectivity index is 2.49. The van der Waals surface area contributed by atoms with Gasteiger partial charge in [-0.2, -0.15) is 0 Å². The predicted octanol–water partition coefficient (Wildman–Crippen LogP) is 2.94. The molecule has 98 valence electrons. The monoisotopic (exact) mass is 310 g/mol. The van der Waals surface area contributed by atoms with E-state index < -0.39 is 0 Å². The Labute approximate surface area is 117 Å². The third-order valence-corrected chi connectivity index (χ3v) is 4.15. The summed E-state index contributed by atoms with van der Waals surface area (Å²) in [6.07, 6.45) is 0.935. The molecule has 0 radical (unpaired) electrons. The van der Waals surface area contributed by atoms with Crippen LogP contribution < -0.4 is 10.2 Å². The van der Waals surface area contributed by atoms with Crippen molar-refractivity contribution in [2.75, 3.05) is 11.4 Å². The topological polar surface area (TPSA) is 32.3 Å². The van der Waals surface area contributed by atoms with E-state index in [1.165, 1.54) is 0 Å². The zero-order chi connectivity index (χ0) is 13.3. The van der Waals surface area contributed by atoms with E-state index in [0.717, 1.165) is 23.1 Å². The van der Waals surface area contributed by atoms with Crippen LogP contribution in [-0.2, 0) is 4.79 Å². The van der Waals surface area contributed by atoms with Crippen molar-refractivity contribution in [2.24, 2.45) is 0 Å². The second-order valence-electron chi connectivity index (χ2n) is 5.36. The van der Waals surface area contributed by atoms with Crippen molar-refractivity contribution >= 4 is 27.5 Å². The number of carbonyl (C=O) groups excluding carboxylic acids is 1. The average molecular weight is 311 g/mol. The van der Waals surface area contributed by atoms with Crippen molar-refractivity contribution in [1.82, 2.24) is 5.32 Å². The fourth-order valence-corrected chi connectivity index (χ4v) is 2.83. The van der Waals surface area contributed by atoms with Gasteiger partial charge in [-0.15, -0.1) is 0 Å². The van der Waals surface area contributed by atoms with E-state index in [2.05, 4.69) is 35.1 Å². The Morgan fingerprint density at radius 2 is 2.06 bits per heavy atom. The van der Waals surface area contributed by atoms with Crippen LogP contribution in [0.25, 0.3) is 0 Å². The van der Waals surface area contributed by atoms with Crippen molar-refractivity contribution in [3.05, 3.63) is 28.7 Å². The maximum atomic E-state index is 12.6. The molecule has 1 aromatic rings. The van der Waals surface area contributed by atoms with Crippen LogP contribution in [0.1, 0.15) is 27.2 Å². The molecule has 0 saturated carbocycles. The summed E-state index contributed by atoms with van der Waals surface area (Å²) in [5.41, 5.74) is 0.765. The van der Waals surface area contributed by atoms with Crippen LogP contribution >= 0.6 is 15.9 Å². The van der Waals surface area contributed by atoms with E-state index in [0.29, 0.717) is 0 Å². The molecule has 1 N–H and O–H groups in total. The Kier molecular flexibility index (Phi) is 3.78. The molecule has 1 aliphatic rings. The van der Waals surface area contributed by atoms with Crippen molar-refractivity contribution < 1.29 is 4.79 Å². The zero-order valence-electron chi connectivity index (χ0n) is 11.0. The van der Waals surface area contributed by atoms with Crippen molar-refractivity contribution in [3.8, 4) is 0 Å². The fourth-order valence-electron chi connectivity index (χ4n) is 2.36. The summed E-state index contributed by atoms with van der Waals surface area (Å²) in [5, 5.41) is 3.26. The molecule has 1 atom stereocenters. The number of hydrogen-bond acceptors (Lipinski definition) is 2. The van der Waals surface area contributed by atoms with Crippen LogP contribution in [0.2, 0.25) is 0 Å². The lowest BCUT2D eigenvalue weighted by Gasteiger charge is -2.38. The molecular weight excluding hydrogens is 292 g/mol. The molecule has 2 rings (SSSR count). The van der Waals surface area contributed by atoms with Gasteiger partial charge in [-0.05, 0) is 61.8 Å². The lowest BCUT2D eigenvalue weighted by molar-refractivity contribution is -0.120. The minimum absolute atomic E-state index is 0.129. The zero-order valence-corrected chi connectivity index (χ0v) is 12.6. The highest BCUT2D eigenvalue weighted by molar-refractivity contribution is 9.10. The summed E-state index contributed by atoms with van der Waals surface area (Å²) in [6, 6.07) is 7.75. The first kappa shape index (κ1) is 13.6. The van der Waals surface area contributed by atoms with Crippen LogP contribution in [0.15, 0.2) is 28.7 Å². The number of anilines is 1. The molecule has 4 heteroatoms. The minimum atomic E-state index is -0.182. The maximum absolute atomic E-state index is 12.6. The molecule has 3 nitrogen and oxygen atoms in total. The number of rotatable bonds is 1. The van der Waals surface area contributed by atoms with Gasteiger partial charge in [0.05, 0.1) is 11.7 Å². The number of amides is 1. The van der Waals surface area contributed by atoms with E-state index in [4.69, 9.17) is 0 Å². The van der Waals surface area contributed by atoms with Crippen molar-refractivity contribution in [2.45, 2.75) is 38.8 Å². The Hall–Kier alpha value is -0.870. The molecule has 1 saturated heterocycles.